The lowest BCUT2D eigenvalue weighted by atomic mass is 10.1. The van der Waals surface area contributed by atoms with E-state index in [9.17, 15) is 58.3 Å². The summed E-state index contributed by atoms with van der Waals surface area (Å²) in [4.78, 5) is 70.1. The molecule has 3 saturated heterocycles. The molecule has 37 heteroatoms. The summed E-state index contributed by atoms with van der Waals surface area (Å²) in [6.07, 6.45) is -1.75. The molecule has 510 valence electrons. The van der Waals surface area contributed by atoms with Crippen LogP contribution in [-0.4, -0.2) is 163 Å². The molecule has 0 bridgehead atoms. The van der Waals surface area contributed by atoms with Crippen LogP contribution in [0.2, 0.25) is 0 Å². The number of fused-ring (bicyclic) bond motifs is 3. The van der Waals surface area contributed by atoms with Crippen LogP contribution in [-0.2, 0) is 46.6 Å². The van der Waals surface area contributed by atoms with E-state index in [-0.39, 0.29) is 83.9 Å². The Kier molecular flexibility index (Phi) is 18.5. The number of hydrogen-bond acceptors (Lipinski definition) is 21. The molecule has 3 aliphatic heterocycles. The minimum Gasteiger partial charge on any atom is -0.336 e. The molecule has 0 radical (unpaired) electrons. The lowest BCUT2D eigenvalue weighted by Gasteiger charge is -2.10. The first-order chi connectivity index (χ1) is 46.9. The molecular formula is C61H55F10N21O3S3. The van der Waals surface area contributed by atoms with E-state index < -0.39 is 43.2 Å². The van der Waals surface area contributed by atoms with Crippen molar-refractivity contribution in [3.63, 3.8) is 0 Å². The summed E-state index contributed by atoms with van der Waals surface area (Å²) in [5.74, 6) is 0.579. The van der Waals surface area contributed by atoms with Crippen LogP contribution < -0.4 is 14.7 Å². The fourth-order valence-electron chi connectivity index (χ4n) is 11.5. The van der Waals surface area contributed by atoms with Crippen LogP contribution in [0.5, 0.6) is 0 Å². The van der Waals surface area contributed by atoms with Gasteiger partial charge in [-0.15, -0.1) is 49.3 Å². The van der Waals surface area contributed by atoms with Gasteiger partial charge >= 0.3 is 6.18 Å². The third-order valence-electron chi connectivity index (χ3n) is 16.4. The molecule has 0 aromatic carbocycles. The third-order valence-corrected chi connectivity index (χ3v) is 19.2. The molecule has 12 aromatic rings. The normalized spacial score (nSPS) is 16.6. The van der Waals surface area contributed by atoms with Crippen molar-refractivity contribution in [2.75, 3.05) is 54.0 Å². The van der Waals surface area contributed by atoms with Crippen molar-refractivity contribution in [1.29, 1.82) is 0 Å². The first kappa shape index (κ1) is 66.7. The van der Waals surface area contributed by atoms with Gasteiger partial charge in [0.15, 0.2) is 40.0 Å². The minimum absolute atomic E-state index is 0.0149. The van der Waals surface area contributed by atoms with Crippen LogP contribution in [0.3, 0.4) is 0 Å². The molecule has 0 N–H and O–H groups in total. The second kappa shape index (κ2) is 27.2. The van der Waals surface area contributed by atoms with Crippen molar-refractivity contribution in [2.24, 2.45) is 21.1 Å². The number of carbonyl (C=O) groups excluding carboxylic acids is 3. The van der Waals surface area contributed by atoms with E-state index in [2.05, 4.69) is 60.5 Å². The van der Waals surface area contributed by atoms with Crippen LogP contribution in [0.4, 0.5) is 61.7 Å². The second-order valence-electron chi connectivity index (χ2n) is 23.3. The molecule has 0 spiro atoms. The monoisotopic (exact) mass is 1420 g/mol. The lowest BCUT2D eigenvalue weighted by molar-refractivity contribution is -0.140. The maximum Gasteiger partial charge on any atom is 0.434 e. The van der Waals surface area contributed by atoms with Crippen LogP contribution in [0, 0.1) is 6.92 Å². The molecule has 15 rings (SSSR count). The summed E-state index contributed by atoms with van der Waals surface area (Å²) in [7, 11) is 4.81. The zero-order chi connectivity index (χ0) is 69.0. The SMILES string of the molecule is Cc1sc(-c2cnn(C)c2C(=O)Cc2ccn3nc(N4CC[C@@H](F)C4)nc3c2)nc1C(F)F.Cn1ncc(-c2nc(C(F)(F)F)cs2)c1C(=O)Cc1ccn2nc(N3CC[C@@H](F)C3)nc2c1.Cn1ncc(-c2nc(C(F)F)cs2)c1C(=O)Cc1ccn2nc(N3CC[C@H](F)C3)nc2c1. The number of aromatic nitrogens is 18. The highest BCUT2D eigenvalue weighted by molar-refractivity contribution is 7.15. The van der Waals surface area contributed by atoms with E-state index >= 15 is 0 Å². The molecule has 0 saturated carbocycles. The highest BCUT2D eigenvalue weighted by Gasteiger charge is 2.36. The molecule has 12 aromatic heterocycles. The summed E-state index contributed by atoms with van der Waals surface area (Å²) < 4.78 is 140. The predicted molar refractivity (Wildman–Crippen MR) is 341 cm³/mol. The Balaban J connectivity index is 0.000000132. The Hall–Kier alpha value is -9.91. The first-order valence-electron chi connectivity index (χ1n) is 30.3. The number of halogens is 10. The van der Waals surface area contributed by atoms with Gasteiger partial charge in [0, 0.05) is 94.3 Å². The number of pyridine rings is 3. The van der Waals surface area contributed by atoms with Gasteiger partial charge in [0.1, 0.15) is 62.0 Å². The number of nitrogens with zero attached hydrogens (tertiary/aromatic N) is 21. The number of aryl methyl sites for hydroxylation is 4. The van der Waals surface area contributed by atoms with Gasteiger partial charge in [0.2, 0.25) is 17.8 Å². The number of rotatable bonds is 17. The second-order valence-corrected chi connectivity index (χ2v) is 26.2. The summed E-state index contributed by atoms with van der Waals surface area (Å²) in [6, 6.07) is 10.5. The molecule has 15 heterocycles. The molecule has 24 nitrogen and oxygen atoms in total. The standard InChI is InChI=1S/C21H20F3N7OS.C20H17F4N7OS.C20H18F3N7OS/c1-11-17(19(23)24)27-20(33-11)14-9-25-29(2)18(14)15(32)7-12-3-6-31-16(8-12)26-21(28-31)30-5-4-13(22)10-30;1-29-17(13(8-25-29)18-26-15(10-33-18)20(22,23)24)14(32)6-11-2-5-31-16(7-11)27-19(28-31)30-4-3-12(21)9-30;1-28-17(13(8-24-28)19-25-14(10-32-19)18(22)23)15(31)6-11-2-5-30-16(7-11)26-20(27-30)29-4-3-12(21)9-29/h3,6,8-9,13,19H,4-5,7,10H2,1-2H3;2,5,7-8,10,12H,3-4,6,9H2,1H3;2,5,7-8,10,12,18H,3-4,6,9H2,1H3/t13-;2*12-/m110/s1. The van der Waals surface area contributed by atoms with E-state index in [0.717, 1.165) is 39.4 Å². The average Bonchev–Trinajstić information content (AvgIpc) is 1.68. The van der Waals surface area contributed by atoms with Crippen LogP contribution >= 0.6 is 34.0 Å². The van der Waals surface area contributed by atoms with Gasteiger partial charge in [-0.2, -0.15) is 43.4 Å². The van der Waals surface area contributed by atoms with Crippen molar-refractivity contribution < 1.29 is 58.3 Å². The zero-order valence-corrected chi connectivity index (χ0v) is 54.5. The Bertz CT molecular complexity index is 4950. The van der Waals surface area contributed by atoms with Crippen LogP contribution in [0.15, 0.2) is 84.3 Å². The van der Waals surface area contributed by atoms with Gasteiger partial charge < -0.3 is 14.7 Å². The van der Waals surface area contributed by atoms with Gasteiger partial charge in [-0.05, 0) is 79.3 Å². The van der Waals surface area contributed by atoms with Crippen molar-refractivity contribution in [2.45, 2.75) is 83.0 Å². The summed E-state index contributed by atoms with van der Waals surface area (Å²) in [6.45, 7) is 4.05. The number of ketones is 3. The maximum atomic E-state index is 13.5. The Morgan fingerprint density at radius 3 is 1.22 bits per heavy atom. The summed E-state index contributed by atoms with van der Waals surface area (Å²) in [5.41, 5.74) is 3.99. The molecule has 0 aliphatic carbocycles. The topological polar surface area (TPSA) is 244 Å². The van der Waals surface area contributed by atoms with Crippen LogP contribution in [0.25, 0.3) is 48.7 Å². The fourth-order valence-corrected chi connectivity index (χ4v) is 14.1. The molecule has 3 atom stereocenters. The number of hydrogen-bond donors (Lipinski definition) is 0. The fraction of sp³-hybridized carbons (Fsp3) is 0.361. The molecular weight excluding hydrogens is 1360 g/mol. The highest BCUT2D eigenvalue weighted by Crippen LogP contribution is 2.38. The van der Waals surface area contributed by atoms with E-state index in [1.165, 1.54) is 38.0 Å². The summed E-state index contributed by atoms with van der Waals surface area (Å²) >= 11 is 2.97. The zero-order valence-electron chi connectivity index (χ0n) is 52.1. The smallest absolute Gasteiger partial charge is 0.336 e. The van der Waals surface area contributed by atoms with Crippen molar-refractivity contribution in [3.8, 4) is 31.7 Å². The van der Waals surface area contributed by atoms with Gasteiger partial charge in [0.25, 0.3) is 12.9 Å². The Morgan fingerprint density at radius 2 is 0.898 bits per heavy atom. The number of alkyl halides is 10. The van der Waals surface area contributed by atoms with Gasteiger partial charge in [-0.1, -0.05) is 0 Å². The van der Waals surface area contributed by atoms with Crippen molar-refractivity contribution >= 4 is 86.1 Å². The number of carbonyl (C=O) groups is 3. The third kappa shape index (κ3) is 14.0. The maximum absolute atomic E-state index is 13.5. The van der Waals surface area contributed by atoms with E-state index in [0.29, 0.717) is 128 Å². The Labute approximate surface area is 559 Å². The highest BCUT2D eigenvalue weighted by atomic mass is 32.1. The number of anilines is 3. The van der Waals surface area contributed by atoms with Crippen LogP contribution in [0.1, 0.15) is 102 Å². The first-order valence-corrected chi connectivity index (χ1v) is 32.9. The lowest BCUT2D eigenvalue weighted by Crippen LogP contribution is -2.21. The van der Waals surface area contributed by atoms with Crippen molar-refractivity contribution in [1.82, 2.24) is 88.1 Å². The van der Waals surface area contributed by atoms with E-state index in [1.807, 2.05) is 0 Å². The molecule has 3 fully saturated rings. The largest absolute Gasteiger partial charge is 0.434 e. The summed E-state index contributed by atoms with van der Waals surface area (Å²) in [5, 5.41) is 28.4. The van der Waals surface area contributed by atoms with Gasteiger partial charge in [0.05, 0.1) is 54.9 Å². The van der Waals surface area contributed by atoms with Gasteiger partial charge in [-0.3, -0.25) is 28.4 Å². The molecule has 98 heavy (non-hydrogen) atoms. The van der Waals surface area contributed by atoms with E-state index in [1.54, 1.807) is 111 Å². The van der Waals surface area contributed by atoms with E-state index in [4.69, 9.17) is 0 Å². The number of thiazole rings is 3. The molecule has 0 amide bonds. The van der Waals surface area contributed by atoms with Crippen molar-refractivity contribution in [3.05, 3.63) is 140 Å². The average molecular weight is 1420 g/mol. The minimum atomic E-state index is -4.56. The number of Topliss-reactive ketones (excluding diaryl/α,β-unsaturated/α-hetero) is 3. The van der Waals surface area contributed by atoms with Gasteiger partial charge in [-0.25, -0.2) is 59.2 Å². The quantitative estimate of drug-likeness (QED) is 0.0607. The Morgan fingerprint density at radius 1 is 0.520 bits per heavy atom. The molecule has 3 aliphatic rings. The predicted octanol–water partition coefficient (Wildman–Crippen LogP) is 10.9. The molecule has 0 unspecified atom stereocenters.